The van der Waals surface area contributed by atoms with E-state index in [2.05, 4.69) is 9.97 Å². The van der Waals surface area contributed by atoms with Crippen molar-refractivity contribution >= 4 is 16.9 Å². The van der Waals surface area contributed by atoms with Crippen LogP contribution in [0.15, 0.2) is 54.6 Å². The number of nitrogens with zero attached hydrogens (tertiary/aromatic N) is 2. The molecule has 1 aromatic heterocycles. The van der Waals surface area contributed by atoms with Gasteiger partial charge in [0.1, 0.15) is 5.82 Å². The molecule has 0 amide bonds. The quantitative estimate of drug-likeness (QED) is 0.378. The van der Waals surface area contributed by atoms with E-state index in [-0.39, 0.29) is 0 Å². The molecule has 1 atom stereocenters. The van der Waals surface area contributed by atoms with E-state index in [0.717, 1.165) is 41.6 Å². The molecular formula is C23H26N2O4. The summed E-state index contributed by atoms with van der Waals surface area (Å²) in [7, 11) is 1.37. The maximum absolute atomic E-state index is 12.0. The van der Waals surface area contributed by atoms with Crippen molar-refractivity contribution in [3.05, 3.63) is 66.0 Å². The molecule has 0 spiro atoms. The molecule has 0 saturated heterocycles. The second-order valence-electron chi connectivity index (χ2n) is 6.56. The predicted octanol–water partition coefficient (Wildman–Crippen LogP) is 4.28. The minimum Gasteiger partial charge on any atom is -0.477 e. The number of hydrogen-bond donors (Lipinski definition) is 0. The van der Waals surface area contributed by atoms with Crippen LogP contribution in [0.1, 0.15) is 37.3 Å². The lowest BCUT2D eigenvalue weighted by atomic mass is 10.1. The highest BCUT2D eigenvalue weighted by Gasteiger charge is 2.21. The lowest BCUT2D eigenvalue weighted by molar-refractivity contribution is -0.154. The molecule has 0 bridgehead atoms. The maximum atomic E-state index is 12.0. The number of methoxy groups -OCH3 is 1. The van der Waals surface area contributed by atoms with Gasteiger partial charge < -0.3 is 14.2 Å². The fraction of sp³-hybridized carbons (Fsp3) is 0.348. The van der Waals surface area contributed by atoms with E-state index < -0.39 is 12.1 Å². The average Bonchev–Trinajstić information content (AvgIpc) is 2.78. The van der Waals surface area contributed by atoms with E-state index >= 15 is 0 Å². The predicted molar refractivity (Wildman–Crippen MR) is 111 cm³/mol. The standard InChI is InChI=1S/C23H26N2O4/c1-3-20-24-19-14-8-7-13-18(19)22(25-20)29-16-10-9-15-28-21(23(26)27-2)17-11-5-4-6-12-17/h4-8,11-14,21H,3,9-10,15-16H2,1-2H3. The van der Waals surface area contributed by atoms with Gasteiger partial charge in [-0.1, -0.05) is 49.4 Å². The zero-order chi connectivity index (χ0) is 20.5. The number of para-hydroxylation sites is 1. The summed E-state index contributed by atoms with van der Waals surface area (Å²) >= 11 is 0. The third kappa shape index (κ3) is 5.51. The summed E-state index contributed by atoms with van der Waals surface area (Å²) in [6.45, 7) is 2.97. The van der Waals surface area contributed by atoms with Crippen molar-refractivity contribution in [1.82, 2.24) is 9.97 Å². The Morgan fingerprint density at radius 2 is 1.69 bits per heavy atom. The summed E-state index contributed by atoms with van der Waals surface area (Å²) < 4.78 is 16.6. The van der Waals surface area contributed by atoms with E-state index in [9.17, 15) is 4.79 Å². The van der Waals surface area contributed by atoms with Crippen molar-refractivity contribution in [1.29, 1.82) is 0 Å². The van der Waals surface area contributed by atoms with Crippen LogP contribution in [-0.2, 0) is 20.7 Å². The Morgan fingerprint density at radius 1 is 0.966 bits per heavy atom. The highest BCUT2D eigenvalue weighted by Crippen LogP contribution is 2.23. The fourth-order valence-corrected chi connectivity index (χ4v) is 2.97. The maximum Gasteiger partial charge on any atom is 0.339 e. The number of hydrogen-bond acceptors (Lipinski definition) is 6. The molecule has 29 heavy (non-hydrogen) atoms. The molecule has 0 aliphatic heterocycles. The van der Waals surface area contributed by atoms with Crippen molar-refractivity contribution in [3.8, 4) is 5.88 Å². The van der Waals surface area contributed by atoms with Crippen LogP contribution >= 0.6 is 0 Å². The summed E-state index contributed by atoms with van der Waals surface area (Å²) in [6.07, 6.45) is 1.58. The highest BCUT2D eigenvalue weighted by atomic mass is 16.6. The van der Waals surface area contributed by atoms with Gasteiger partial charge in [-0.05, 0) is 30.5 Å². The Kier molecular flexibility index (Phi) is 7.53. The number of carbonyl (C=O) groups is 1. The first kappa shape index (κ1) is 20.7. The topological polar surface area (TPSA) is 70.5 Å². The highest BCUT2D eigenvalue weighted by molar-refractivity contribution is 5.83. The third-order valence-corrected chi connectivity index (χ3v) is 4.51. The molecule has 152 valence electrons. The van der Waals surface area contributed by atoms with Gasteiger partial charge in [0.25, 0.3) is 0 Å². The number of ether oxygens (including phenoxy) is 3. The molecule has 0 N–H and O–H groups in total. The van der Waals surface area contributed by atoms with Gasteiger partial charge in [0.2, 0.25) is 5.88 Å². The summed E-state index contributed by atoms with van der Waals surface area (Å²) in [4.78, 5) is 21.1. The Balaban J connectivity index is 1.51. The Morgan fingerprint density at radius 3 is 2.45 bits per heavy atom. The summed E-state index contributed by atoms with van der Waals surface area (Å²) in [6, 6.07) is 17.2. The zero-order valence-electron chi connectivity index (χ0n) is 16.8. The lowest BCUT2D eigenvalue weighted by Gasteiger charge is -2.16. The van der Waals surface area contributed by atoms with Crippen LogP contribution in [0.4, 0.5) is 0 Å². The molecule has 6 heteroatoms. The van der Waals surface area contributed by atoms with Crippen molar-refractivity contribution < 1.29 is 19.0 Å². The molecule has 0 aliphatic carbocycles. The number of unbranched alkanes of at least 4 members (excludes halogenated alkanes) is 1. The molecule has 0 aliphatic rings. The number of benzene rings is 2. The van der Waals surface area contributed by atoms with Gasteiger partial charge in [-0.3, -0.25) is 0 Å². The van der Waals surface area contributed by atoms with Gasteiger partial charge in [-0.15, -0.1) is 0 Å². The van der Waals surface area contributed by atoms with E-state index in [0.29, 0.717) is 19.1 Å². The smallest absolute Gasteiger partial charge is 0.339 e. The Bertz CT molecular complexity index is 931. The van der Waals surface area contributed by atoms with Gasteiger partial charge in [0, 0.05) is 13.0 Å². The molecule has 0 saturated carbocycles. The molecule has 0 radical (unpaired) electrons. The minimum absolute atomic E-state index is 0.396. The number of esters is 1. The SMILES string of the molecule is CCc1nc(OCCCCOC(C(=O)OC)c2ccccc2)c2ccccc2n1. The molecular weight excluding hydrogens is 368 g/mol. The van der Waals surface area contributed by atoms with Crippen LogP contribution in [0.2, 0.25) is 0 Å². The lowest BCUT2D eigenvalue weighted by Crippen LogP contribution is -2.18. The minimum atomic E-state index is -0.708. The van der Waals surface area contributed by atoms with Crippen LogP contribution in [0.3, 0.4) is 0 Å². The first-order valence-corrected chi connectivity index (χ1v) is 9.85. The number of fused-ring (bicyclic) bond motifs is 1. The second-order valence-corrected chi connectivity index (χ2v) is 6.56. The monoisotopic (exact) mass is 394 g/mol. The third-order valence-electron chi connectivity index (χ3n) is 4.51. The molecule has 0 fully saturated rings. The van der Waals surface area contributed by atoms with Crippen LogP contribution < -0.4 is 4.74 Å². The van der Waals surface area contributed by atoms with E-state index in [1.54, 1.807) is 0 Å². The van der Waals surface area contributed by atoms with E-state index in [1.807, 2.05) is 61.5 Å². The first-order valence-electron chi connectivity index (χ1n) is 9.85. The van der Waals surface area contributed by atoms with Crippen LogP contribution in [0.25, 0.3) is 10.9 Å². The molecule has 1 unspecified atom stereocenters. The van der Waals surface area contributed by atoms with Crippen LogP contribution in [-0.4, -0.2) is 36.3 Å². The normalized spacial score (nSPS) is 11.9. The summed E-state index contributed by atoms with van der Waals surface area (Å²) in [5.41, 5.74) is 1.68. The number of aromatic nitrogens is 2. The van der Waals surface area contributed by atoms with Crippen molar-refractivity contribution in [2.75, 3.05) is 20.3 Å². The van der Waals surface area contributed by atoms with Crippen LogP contribution in [0, 0.1) is 0 Å². The molecule has 3 rings (SSSR count). The van der Waals surface area contributed by atoms with Gasteiger partial charge in [0.15, 0.2) is 6.10 Å². The summed E-state index contributed by atoms with van der Waals surface area (Å²) in [5, 5.41) is 0.913. The first-order chi connectivity index (χ1) is 14.2. The number of aryl methyl sites for hydroxylation is 1. The largest absolute Gasteiger partial charge is 0.477 e. The van der Waals surface area contributed by atoms with Gasteiger partial charge in [0.05, 0.1) is 24.6 Å². The number of rotatable bonds is 10. The molecule has 3 aromatic rings. The van der Waals surface area contributed by atoms with E-state index in [1.165, 1.54) is 7.11 Å². The van der Waals surface area contributed by atoms with Crippen molar-refractivity contribution in [3.63, 3.8) is 0 Å². The summed E-state index contributed by atoms with van der Waals surface area (Å²) in [5.74, 6) is 0.989. The van der Waals surface area contributed by atoms with Crippen LogP contribution in [0.5, 0.6) is 5.88 Å². The second kappa shape index (κ2) is 10.5. The fourth-order valence-electron chi connectivity index (χ4n) is 2.97. The van der Waals surface area contributed by atoms with Crippen molar-refractivity contribution in [2.24, 2.45) is 0 Å². The number of carbonyl (C=O) groups excluding carboxylic acids is 1. The van der Waals surface area contributed by atoms with Gasteiger partial charge >= 0.3 is 5.97 Å². The average molecular weight is 394 g/mol. The molecule has 2 aromatic carbocycles. The Hall–Kier alpha value is -2.99. The van der Waals surface area contributed by atoms with E-state index in [4.69, 9.17) is 14.2 Å². The van der Waals surface area contributed by atoms with Crippen molar-refractivity contribution in [2.45, 2.75) is 32.3 Å². The van der Waals surface area contributed by atoms with Gasteiger partial charge in [-0.2, -0.15) is 4.98 Å². The van der Waals surface area contributed by atoms with Gasteiger partial charge in [-0.25, -0.2) is 9.78 Å². The Labute approximate surface area is 170 Å². The zero-order valence-corrected chi connectivity index (χ0v) is 16.8. The molecule has 6 nitrogen and oxygen atoms in total. The molecule has 1 heterocycles.